The highest BCUT2D eigenvalue weighted by Gasteiger charge is 2.06. The molecule has 1 aromatic heterocycles. The number of allylic oxidation sites excluding steroid dienone is 1. The Morgan fingerprint density at radius 3 is 2.39 bits per heavy atom. The Morgan fingerprint density at radius 1 is 1.11 bits per heavy atom. The van der Waals surface area contributed by atoms with E-state index in [9.17, 15) is 0 Å². The third-order valence-electron chi connectivity index (χ3n) is 2.39. The molecule has 0 radical (unpaired) electrons. The Morgan fingerprint density at radius 2 is 1.78 bits per heavy atom. The van der Waals surface area contributed by atoms with Crippen molar-refractivity contribution in [3.8, 4) is 0 Å². The fourth-order valence-corrected chi connectivity index (χ4v) is 2.58. The van der Waals surface area contributed by atoms with E-state index in [2.05, 4.69) is 54.5 Å². The van der Waals surface area contributed by atoms with Crippen LogP contribution in [0.1, 0.15) is 32.0 Å². The molecule has 1 N–H and O–H groups in total. The van der Waals surface area contributed by atoms with Crippen LogP contribution < -0.4 is 0 Å². The SMILES string of the molecule is C/C=C\c1c(Sc2ccccc2)c[nH]c1C.CC. The van der Waals surface area contributed by atoms with Gasteiger partial charge >= 0.3 is 0 Å². The van der Waals surface area contributed by atoms with Crippen molar-refractivity contribution in [2.75, 3.05) is 0 Å². The van der Waals surface area contributed by atoms with Crippen molar-refractivity contribution in [3.63, 3.8) is 0 Å². The van der Waals surface area contributed by atoms with E-state index in [1.165, 1.54) is 21.0 Å². The van der Waals surface area contributed by atoms with Gasteiger partial charge < -0.3 is 4.98 Å². The van der Waals surface area contributed by atoms with Gasteiger partial charge in [0, 0.05) is 27.2 Å². The number of nitrogens with one attached hydrogen (secondary N) is 1. The summed E-state index contributed by atoms with van der Waals surface area (Å²) in [5.41, 5.74) is 2.51. The van der Waals surface area contributed by atoms with Gasteiger partial charge in [0.05, 0.1) is 0 Å². The molecular formula is C16H21NS. The Labute approximate surface area is 114 Å². The van der Waals surface area contributed by atoms with Crippen molar-refractivity contribution in [1.29, 1.82) is 0 Å². The molecule has 0 aliphatic carbocycles. The number of aromatic nitrogens is 1. The molecule has 0 aliphatic heterocycles. The Bertz CT molecular complexity index is 483. The van der Waals surface area contributed by atoms with Crippen LogP contribution in [0.4, 0.5) is 0 Å². The molecule has 96 valence electrons. The van der Waals surface area contributed by atoms with Gasteiger partial charge in [0.25, 0.3) is 0 Å². The molecular weight excluding hydrogens is 238 g/mol. The lowest BCUT2D eigenvalue weighted by Crippen LogP contribution is -1.76. The Hall–Kier alpha value is -1.41. The summed E-state index contributed by atoms with van der Waals surface area (Å²) in [6.45, 7) is 8.15. The first-order valence-corrected chi connectivity index (χ1v) is 7.16. The van der Waals surface area contributed by atoms with Crippen molar-refractivity contribution in [3.05, 3.63) is 53.9 Å². The van der Waals surface area contributed by atoms with Gasteiger partial charge in [-0.25, -0.2) is 0 Å². The fraction of sp³-hybridized carbons (Fsp3) is 0.250. The van der Waals surface area contributed by atoms with Crippen molar-refractivity contribution >= 4 is 17.8 Å². The zero-order valence-electron chi connectivity index (χ0n) is 11.5. The van der Waals surface area contributed by atoms with Crippen molar-refractivity contribution < 1.29 is 0 Å². The van der Waals surface area contributed by atoms with Gasteiger partial charge in [-0.1, -0.05) is 56.0 Å². The summed E-state index contributed by atoms with van der Waals surface area (Å²) in [4.78, 5) is 5.82. The highest BCUT2D eigenvalue weighted by Crippen LogP contribution is 2.32. The molecule has 1 nitrogen and oxygen atoms in total. The van der Waals surface area contributed by atoms with E-state index < -0.39 is 0 Å². The van der Waals surface area contributed by atoms with Gasteiger partial charge in [-0.2, -0.15) is 0 Å². The molecule has 0 saturated heterocycles. The van der Waals surface area contributed by atoms with Crippen LogP contribution in [0.3, 0.4) is 0 Å². The fourth-order valence-electron chi connectivity index (χ4n) is 1.59. The van der Waals surface area contributed by atoms with Crippen LogP contribution in [0.2, 0.25) is 0 Å². The van der Waals surface area contributed by atoms with Crippen molar-refractivity contribution in [2.24, 2.45) is 0 Å². The molecule has 0 aliphatic rings. The number of H-pyrrole nitrogens is 1. The highest BCUT2D eigenvalue weighted by atomic mass is 32.2. The maximum Gasteiger partial charge on any atom is 0.0372 e. The molecule has 0 bridgehead atoms. The first-order valence-electron chi connectivity index (χ1n) is 6.35. The second kappa shape index (κ2) is 7.83. The lowest BCUT2D eigenvalue weighted by Gasteiger charge is -2.00. The number of hydrogen-bond acceptors (Lipinski definition) is 1. The molecule has 18 heavy (non-hydrogen) atoms. The van der Waals surface area contributed by atoms with E-state index in [0.29, 0.717) is 0 Å². The maximum absolute atomic E-state index is 3.27. The van der Waals surface area contributed by atoms with Gasteiger partial charge in [0.2, 0.25) is 0 Å². The topological polar surface area (TPSA) is 15.8 Å². The summed E-state index contributed by atoms with van der Waals surface area (Å²) in [6, 6.07) is 10.4. The summed E-state index contributed by atoms with van der Waals surface area (Å²) in [7, 11) is 0. The van der Waals surface area contributed by atoms with E-state index in [0.717, 1.165) is 0 Å². The average molecular weight is 259 g/mol. The van der Waals surface area contributed by atoms with Gasteiger partial charge in [0.1, 0.15) is 0 Å². The van der Waals surface area contributed by atoms with Crippen LogP contribution in [0, 0.1) is 6.92 Å². The summed E-state index contributed by atoms with van der Waals surface area (Å²) >= 11 is 1.79. The quantitative estimate of drug-likeness (QED) is 0.766. The lowest BCUT2D eigenvalue weighted by molar-refractivity contribution is 1.26. The second-order valence-corrected chi connectivity index (χ2v) is 4.72. The first-order chi connectivity index (χ1) is 8.81. The molecule has 2 rings (SSSR count). The number of benzene rings is 1. The van der Waals surface area contributed by atoms with Crippen LogP contribution in [-0.4, -0.2) is 4.98 Å². The molecule has 2 heteroatoms. The van der Waals surface area contributed by atoms with E-state index >= 15 is 0 Å². The lowest BCUT2D eigenvalue weighted by atomic mass is 10.2. The number of hydrogen-bond donors (Lipinski definition) is 1. The van der Waals surface area contributed by atoms with Crippen molar-refractivity contribution in [1.82, 2.24) is 4.98 Å². The van der Waals surface area contributed by atoms with Crippen LogP contribution in [-0.2, 0) is 0 Å². The van der Waals surface area contributed by atoms with Crippen molar-refractivity contribution in [2.45, 2.75) is 37.5 Å². The normalized spacial score (nSPS) is 10.2. The predicted molar refractivity (Wildman–Crippen MR) is 82.2 cm³/mol. The van der Waals surface area contributed by atoms with Gasteiger partial charge in [-0.3, -0.25) is 0 Å². The predicted octanol–water partition coefficient (Wildman–Crippen LogP) is 5.53. The maximum atomic E-state index is 3.27. The van der Waals surface area contributed by atoms with Gasteiger partial charge in [-0.15, -0.1) is 0 Å². The minimum absolute atomic E-state index is 1.22. The molecule has 0 fully saturated rings. The Balaban J connectivity index is 0.000000771. The third kappa shape index (κ3) is 3.81. The van der Waals surface area contributed by atoms with Crippen LogP contribution in [0.15, 0.2) is 52.4 Å². The first kappa shape index (κ1) is 14.7. The summed E-state index contributed by atoms with van der Waals surface area (Å²) in [5, 5.41) is 0. The molecule has 1 aromatic carbocycles. The highest BCUT2D eigenvalue weighted by molar-refractivity contribution is 7.99. The average Bonchev–Trinajstić information content (AvgIpc) is 2.76. The van der Waals surface area contributed by atoms with Gasteiger partial charge in [0.15, 0.2) is 0 Å². The molecule has 1 heterocycles. The Kier molecular flexibility index (Phi) is 6.37. The van der Waals surface area contributed by atoms with Gasteiger partial charge in [-0.05, 0) is 26.0 Å². The molecule has 0 spiro atoms. The van der Waals surface area contributed by atoms with E-state index in [1.54, 1.807) is 11.8 Å². The zero-order chi connectivity index (χ0) is 13.4. The smallest absolute Gasteiger partial charge is 0.0372 e. The van der Waals surface area contributed by atoms with Crippen LogP contribution >= 0.6 is 11.8 Å². The molecule has 0 amide bonds. The molecule has 0 atom stereocenters. The molecule has 2 aromatic rings. The van der Waals surface area contributed by atoms with E-state index in [-0.39, 0.29) is 0 Å². The largest absolute Gasteiger partial charge is 0.364 e. The third-order valence-corrected chi connectivity index (χ3v) is 3.46. The monoisotopic (exact) mass is 259 g/mol. The van der Waals surface area contributed by atoms with Crippen LogP contribution in [0.25, 0.3) is 6.08 Å². The molecule has 0 saturated carbocycles. The number of aryl methyl sites for hydroxylation is 1. The summed E-state index contributed by atoms with van der Waals surface area (Å²) < 4.78 is 0. The minimum atomic E-state index is 1.22. The standard InChI is InChI=1S/C14H15NS.C2H6/c1-3-7-13-11(2)15-10-14(13)16-12-8-5-4-6-9-12;1-2/h3-10,15H,1-2H3;1-2H3/b7-3-;. The number of rotatable bonds is 3. The van der Waals surface area contributed by atoms with Crippen LogP contribution in [0.5, 0.6) is 0 Å². The summed E-state index contributed by atoms with van der Waals surface area (Å²) in [5.74, 6) is 0. The summed E-state index contributed by atoms with van der Waals surface area (Å²) in [6.07, 6.45) is 6.30. The molecule has 0 unspecified atom stereocenters. The minimum Gasteiger partial charge on any atom is -0.364 e. The zero-order valence-corrected chi connectivity index (χ0v) is 12.3. The second-order valence-electron chi connectivity index (χ2n) is 3.61. The van der Waals surface area contributed by atoms with E-state index in [1.807, 2.05) is 26.8 Å². The number of aromatic amines is 1. The van der Waals surface area contributed by atoms with E-state index in [4.69, 9.17) is 0 Å².